The Kier molecular flexibility index (Phi) is 5.75. The van der Waals surface area contributed by atoms with Crippen molar-refractivity contribution in [3.63, 3.8) is 0 Å². The standard InChI is InChI=1S/C11H16F2N2O9P2/c1-6-4-15(10(17)14-9(6)16)8-3-2-7(24-8)5-23-26(21,22)11(12,13)25(18,19)20/h4,7-8H,2-3,5H2,1H3,(H,21,22)(H,14,16,17)(H2,18,19,20)/t7-,8+/m0/s1. The number of rotatable bonds is 6. The van der Waals surface area contributed by atoms with Gasteiger partial charge in [0, 0.05) is 11.8 Å². The smallest absolute Gasteiger partial charge is 0.352 e. The van der Waals surface area contributed by atoms with Crippen LogP contribution in [0.5, 0.6) is 0 Å². The van der Waals surface area contributed by atoms with E-state index in [0.717, 1.165) is 4.57 Å². The van der Waals surface area contributed by atoms with Gasteiger partial charge in [0.05, 0.1) is 12.7 Å². The number of aromatic amines is 1. The van der Waals surface area contributed by atoms with E-state index in [-0.39, 0.29) is 18.4 Å². The molecule has 15 heteroatoms. The fourth-order valence-corrected chi connectivity index (χ4v) is 4.25. The van der Waals surface area contributed by atoms with E-state index in [1.165, 1.54) is 13.1 Å². The van der Waals surface area contributed by atoms with Crippen LogP contribution in [-0.4, -0.2) is 42.3 Å². The van der Waals surface area contributed by atoms with Crippen LogP contribution in [0.15, 0.2) is 15.8 Å². The highest BCUT2D eigenvalue weighted by atomic mass is 31.2. The molecule has 0 saturated carbocycles. The van der Waals surface area contributed by atoms with E-state index < -0.39 is 50.8 Å². The first-order valence-corrected chi connectivity index (χ1v) is 10.3. The summed E-state index contributed by atoms with van der Waals surface area (Å²) in [7, 11) is -12.2. The Labute approximate surface area is 144 Å². The van der Waals surface area contributed by atoms with Crippen LogP contribution in [0, 0.1) is 6.92 Å². The summed E-state index contributed by atoms with van der Waals surface area (Å²) in [5.41, 5.74) is -1.10. The quantitative estimate of drug-likeness (QED) is 0.478. The van der Waals surface area contributed by atoms with E-state index in [9.17, 15) is 32.4 Å². The number of aryl methyl sites for hydroxylation is 1. The van der Waals surface area contributed by atoms with E-state index >= 15 is 0 Å². The van der Waals surface area contributed by atoms with Gasteiger partial charge in [-0.2, -0.15) is 8.78 Å². The first-order valence-electron chi connectivity index (χ1n) is 7.14. The molecule has 1 unspecified atom stereocenters. The molecule has 1 aromatic heterocycles. The molecule has 1 saturated heterocycles. The first-order chi connectivity index (χ1) is 11.8. The number of hydrogen-bond donors (Lipinski definition) is 4. The lowest BCUT2D eigenvalue weighted by molar-refractivity contribution is -0.0253. The number of hydrogen-bond acceptors (Lipinski definition) is 6. The highest BCUT2D eigenvalue weighted by Gasteiger charge is 2.65. The molecule has 11 nitrogen and oxygen atoms in total. The maximum Gasteiger partial charge on any atom is 0.443 e. The molecule has 0 spiro atoms. The summed E-state index contributed by atoms with van der Waals surface area (Å²) < 4.78 is 59.4. The van der Waals surface area contributed by atoms with Gasteiger partial charge in [-0.3, -0.25) is 23.5 Å². The van der Waals surface area contributed by atoms with Crippen molar-refractivity contribution in [2.45, 2.75) is 37.5 Å². The molecule has 148 valence electrons. The van der Waals surface area contributed by atoms with Crippen LogP contribution < -0.4 is 11.2 Å². The molecule has 0 radical (unpaired) electrons. The van der Waals surface area contributed by atoms with Crippen molar-refractivity contribution in [2.75, 3.05) is 6.61 Å². The lowest BCUT2D eigenvalue weighted by atomic mass is 10.2. The van der Waals surface area contributed by atoms with Crippen LogP contribution in [0.4, 0.5) is 8.78 Å². The zero-order valence-corrected chi connectivity index (χ0v) is 15.0. The molecule has 0 bridgehead atoms. The Hall–Kier alpha value is -1.20. The Morgan fingerprint density at radius 2 is 1.96 bits per heavy atom. The first kappa shape index (κ1) is 21.1. The van der Waals surface area contributed by atoms with Gasteiger partial charge in [-0.1, -0.05) is 0 Å². The van der Waals surface area contributed by atoms with E-state index in [4.69, 9.17) is 14.5 Å². The van der Waals surface area contributed by atoms with Gasteiger partial charge in [0.25, 0.3) is 5.56 Å². The van der Waals surface area contributed by atoms with Crippen molar-refractivity contribution in [1.82, 2.24) is 9.55 Å². The van der Waals surface area contributed by atoms with Gasteiger partial charge >= 0.3 is 26.3 Å². The summed E-state index contributed by atoms with van der Waals surface area (Å²) in [6.45, 7) is 0.605. The van der Waals surface area contributed by atoms with Crippen LogP contribution in [0.2, 0.25) is 0 Å². The van der Waals surface area contributed by atoms with Crippen LogP contribution in [0.1, 0.15) is 24.6 Å². The van der Waals surface area contributed by atoms with E-state index in [2.05, 4.69) is 9.51 Å². The van der Waals surface area contributed by atoms with Crippen molar-refractivity contribution >= 4 is 15.2 Å². The Morgan fingerprint density at radius 1 is 1.35 bits per heavy atom. The van der Waals surface area contributed by atoms with E-state index in [0.29, 0.717) is 0 Å². The molecule has 2 heterocycles. The molecule has 2 rings (SSSR count). The van der Waals surface area contributed by atoms with E-state index in [1.807, 2.05) is 0 Å². The van der Waals surface area contributed by atoms with Gasteiger partial charge in [-0.25, -0.2) is 4.79 Å². The average Bonchev–Trinajstić information content (AvgIpc) is 2.96. The fraction of sp³-hybridized carbons (Fsp3) is 0.636. The van der Waals surface area contributed by atoms with Crippen molar-refractivity contribution in [1.29, 1.82) is 0 Å². The van der Waals surface area contributed by atoms with Crippen molar-refractivity contribution in [2.24, 2.45) is 0 Å². The molecule has 1 aromatic rings. The average molecular weight is 420 g/mol. The van der Waals surface area contributed by atoms with Crippen LogP contribution in [0.25, 0.3) is 0 Å². The molecule has 4 N–H and O–H groups in total. The van der Waals surface area contributed by atoms with E-state index in [1.54, 1.807) is 0 Å². The molecule has 3 atom stereocenters. The van der Waals surface area contributed by atoms with Crippen molar-refractivity contribution in [3.8, 4) is 0 Å². The monoisotopic (exact) mass is 420 g/mol. The molecular formula is C11H16F2N2O9P2. The number of aromatic nitrogens is 2. The van der Waals surface area contributed by atoms with Gasteiger partial charge in [-0.15, -0.1) is 0 Å². The highest BCUT2D eigenvalue weighted by molar-refractivity contribution is 7.72. The molecule has 1 aliphatic heterocycles. The lowest BCUT2D eigenvalue weighted by Crippen LogP contribution is -2.33. The number of ether oxygens (including phenoxy) is 1. The van der Waals surface area contributed by atoms with Gasteiger partial charge in [0.2, 0.25) is 0 Å². The number of halogens is 2. The topological polar surface area (TPSA) is 168 Å². The third-order valence-corrected chi connectivity index (χ3v) is 7.09. The van der Waals surface area contributed by atoms with Crippen molar-refractivity contribution in [3.05, 3.63) is 32.6 Å². The molecule has 1 aliphatic rings. The fourth-order valence-electron chi connectivity index (χ4n) is 2.24. The van der Waals surface area contributed by atoms with Crippen LogP contribution in [0.3, 0.4) is 0 Å². The summed E-state index contributed by atoms with van der Waals surface area (Å²) in [5, 5.41) is -5.26. The number of nitrogens with one attached hydrogen (secondary N) is 1. The third kappa shape index (κ3) is 4.04. The zero-order chi connectivity index (χ0) is 19.9. The van der Waals surface area contributed by atoms with Gasteiger partial charge in [0.1, 0.15) is 6.23 Å². The second kappa shape index (κ2) is 7.08. The summed E-state index contributed by atoms with van der Waals surface area (Å²) in [6, 6.07) is 0. The number of H-pyrrole nitrogens is 1. The second-order valence-corrected chi connectivity index (χ2v) is 9.50. The molecular weight excluding hydrogens is 404 g/mol. The van der Waals surface area contributed by atoms with Crippen LogP contribution in [-0.2, 0) is 18.4 Å². The summed E-state index contributed by atoms with van der Waals surface area (Å²) in [4.78, 5) is 51.3. The predicted octanol–water partition coefficient (Wildman–Crippen LogP) is 0.453. The molecule has 1 fully saturated rings. The maximum atomic E-state index is 13.3. The minimum absolute atomic E-state index is 0.150. The Morgan fingerprint density at radius 3 is 2.54 bits per heavy atom. The van der Waals surface area contributed by atoms with Gasteiger partial charge in [0.15, 0.2) is 0 Å². The SMILES string of the molecule is Cc1cn([C@H]2CC[C@@H](COP(=O)(O)C(F)(F)P(=O)(O)O)O2)c(=O)[nH]c1=O. The lowest BCUT2D eigenvalue weighted by Gasteiger charge is -2.23. The third-order valence-electron chi connectivity index (χ3n) is 3.67. The van der Waals surface area contributed by atoms with Crippen molar-refractivity contribution < 1.29 is 41.9 Å². The highest BCUT2D eigenvalue weighted by Crippen LogP contribution is 2.73. The number of nitrogens with zero attached hydrogens (tertiary/aromatic N) is 1. The zero-order valence-electron chi connectivity index (χ0n) is 13.2. The maximum absolute atomic E-state index is 13.3. The number of alkyl halides is 2. The predicted molar refractivity (Wildman–Crippen MR) is 82.0 cm³/mol. The summed E-state index contributed by atoms with van der Waals surface area (Å²) in [5.74, 6) is 0. The minimum atomic E-state index is -6.22. The minimum Gasteiger partial charge on any atom is -0.352 e. The van der Waals surface area contributed by atoms with Crippen LogP contribution >= 0.6 is 15.2 Å². The molecule has 26 heavy (non-hydrogen) atoms. The molecule has 0 aliphatic carbocycles. The second-order valence-electron chi connectivity index (χ2n) is 5.64. The largest absolute Gasteiger partial charge is 0.443 e. The van der Waals surface area contributed by atoms with Gasteiger partial charge < -0.3 is 23.9 Å². The summed E-state index contributed by atoms with van der Waals surface area (Å²) >= 11 is 0. The molecule has 0 amide bonds. The normalized spacial score (nSPS) is 23.8. The Balaban J connectivity index is 2.06. The summed E-state index contributed by atoms with van der Waals surface area (Å²) in [6.07, 6.45) is -0.242. The Bertz CT molecular complexity index is 892. The molecule has 0 aromatic carbocycles. The van der Waals surface area contributed by atoms with Gasteiger partial charge in [-0.05, 0) is 19.8 Å².